The molecule has 1 aromatic rings. The minimum absolute atomic E-state index is 0.167. The molecule has 9 nitrogen and oxygen atoms in total. The Morgan fingerprint density at radius 3 is 2.33 bits per heavy atom. The van der Waals surface area contributed by atoms with Crippen LogP contribution in [0.3, 0.4) is 0 Å². The molecule has 2 amide bonds. The van der Waals surface area contributed by atoms with Gasteiger partial charge in [-0.3, -0.25) is 4.79 Å². The SMILES string of the molecule is COC(=O)C1C[C@@H](Oc2cc(C)nc(Br)c2)CN1C(=O)[C@@H](NC(=O)OC(C)(C)C)C(C)(C)C. The number of methoxy groups -OCH3 is 1. The first-order valence-electron chi connectivity index (χ1n) is 10.8. The first-order chi connectivity index (χ1) is 15.1. The predicted octanol–water partition coefficient (Wildman–Crippen LogP) is 3.61. The van der Waals surface area contributed by atoms with Crippen molar-refractivity contribution in [2.24, 2.45) is 5.41 Å². The van der Waals surface area contributed by atoms with E-state index >= 15 is 0 Å². The Hall–Kier alpha value is -2.36. The lowest BCUT2D eigenvalue weighted by atomic mass is 9.85. The number of aryl methyl sites for hydroxylation is 1. The lowest BCUT2D eigenvalue weighted by molar-refractivity contribution is -0.152. The Morgan fingerprint density at radius 1 is 1.18 bits per heavy atom. The number of likely N-dealkylation sites (tertiary alicyclic amines) is 1. The monoisotopic (exact) mass is 527 g/mol. The van der Waals surface area contributed by atoms with Gasteiger partial charge in [0.25, 0.3) is 0 Å². The molecule has 33 heavy (non-hydrogen) atoms. The number of rotatable bonds is 5. The topological polar surface area (TPSA) is 107 Å². The van der Waals surface area contributed by atoms with Crippen LogP contribution in [0.2, 0.25) is 0 Å². The number of hydrogen-bond acceptors (Lipinski definition) is 7. The molecule has 0 aliphatic carbocycles. The number of amides is 2. The van der Waals surface area contributed by atoms with Gasteiger partial charge in [0.1, 0.15) is 34.1 Å². The van der Waals surface area contributed by atoms with Crippen molar-refractivity contribution in [3.8, 4) is 5.75 Å². The summed E-state index contributed by atoms with van der Waals surface area (Å²) in [6.07, 6.45) is -0.871. The number of nitrogens with zero attached hydrogens (tertiary/aromatic N) is 2. The molecule has 3 atom stereocenters. The molecule has 184 valence electrons. The van der Waals surface area contributed by atoms with Gasteiger partial charge in [-0.05, 0) is 49.0 Å². The van der Waals surface area contributed by atoms with Gasteiger partial charge >= 0.3 is 12.1 Å². The third-order valence-electron chi connectivity index (χ3n) is 4.99. The van der Waals surface area contributed by atoms with Crippen molar-refractivity contribution >= 4 is 33.9 Å². The van der Waals surface area contributed by atoms with Gasteiger partial charge in [-0.2, -0.15) is 0 Å². The van der Waals surface area contributed by atoms with E-state index in [1.165, 1.54) is 12.0 Å². The normalized spacial score (nSPS) is 19.6. The molecule has 0 spiro atoms. The maximum absolute atomic E-state index is 13.6. The molecule has 2 heterocycles. The van der Waals surface area contributed by atoms with Crippen LogP contribution >= 0.6 is 15.9 Å². The lowest BCUT2D eigenvalue weighted by Gasteiger charge is -2.35. The zero-order valence-electron chi connectivity index (χ0n) is 20.5. The van der Waals surface area contributed by atoms with E-state index in [0.29, 0.717) is 10.4 Å². The maximum Gasteiger partial charge on any atom is 0.408 e. The highest BCUT2D eigenvalue weighted by molar-refractivity contribution is 9.10. The predicted molar refractivity (Wildman–Crippen MR) is 126 cm³/mol. The van der Waals surface area contributed by atoms with E-state index in [-0.39, 0.29) is 13.0 Å². The van der Waals surface area contributed by atoms with Crippen molar-refractivity contribution in [2.45, 2.75) is 78.7 Å². The van der Waals surface area contributed by atoms with Gasteiger partial charge in [-0.15, -0.1) is 0 Å². The minimum Gasteiger partial charge on any atom is -0.488 e. The van der Waals surface area contributed by atoms with Crippen LogP contribution in [0, 0.1) is 12.3 Å². The summed E-state index contributed by atoms with van der Waals surface area (Å²) in [5.74, 6) is -0.357. The molecule has 1 aliphatic rings. The van der Waals surface area contributed by atoms with Crippen LogP contribution in [-0.2, 0) is 19.1 Å². The van der Waals surface area contributed by atoms with Gasteiger partial charge in [-0.1, -0.05) is 20.8 Å². The Bertz CT molecular complexity index is 873. The number of halogens is 1. The third kappa shape index (κ3) is 7.58. The van der Waals surface area contributed by atoms with Gasteiger partial charge < -0.3 is 24.4 Å². The maximum atomic E-state index is 13.6. The Balaban J connectivity index is 2.26. The molecule has 1 aliphatic heterocycles. The van der Waals surface area contributed by atoms with Crippen molar-refractivity contribution in [3.05, 3.63) is 22.4 Å². The summed E-state index contributed by atoms with van der Waals surface area (Å²) in [6, 6.07) is 1.76. The summed E-state index contributed by atoms with van der Waals surface area (Å²) in [7, 11) is 1.28. The van der Waals surface area contributed by atoms with E-state index in [1.807, 2.05) is 27.7 Å². The van der Waals surface area contributed by atoms with Crippen LogP contribution in [0.4, 0.5) is 4.79 Å². The Kier molecular flexibility index (Phi) is 8.37. The van der Waals surface area contributed by atoms with E-state index in [4.69, 9.17) is 14.2 Å². The van der Waals surface area contributed by atoms with Crippen molar-refractivity contribution in [2.75, 3.05) is 13.7 Å². The number of nitrogens with one attached hydrogen (secondary N) is 1. The number of aromatic nitrogens is 1. The molecule has 0 bridgehead atoms. The van der Waals surface area contributed by atoms with Crippen LogP contribution in [0.5, 0.6) is 5.75 Å². The fourth-order valence-corrected chi connectivity index (χ4v) is 4.09. The lowest BCUT2D eigenvalue weighted by Crippen LogP contribution is -2.57. The first kappa shape index (κ1) is 26.9. The molecular formula is C23H34BrN3O6. The average molecular weight is 528 g/mol. The van der Waals surface area contributed by atoms with Crippen LogP contribution in [0.1, 0.15) is 53.7 Å². The molecule has 1 saturated heterocycles. The van der Waals surface area contributed by atoms with Gasteiger partial charge in [0.15, 0.2) is 0 Å². The van der Waals surface area contributed by atoms with Gasteiger partial charge in [-0.25, -0.2) is 14.6 Å². The molecule has 1 fully saturated rings. The largest absolute Gasteiger partial charge is 0.488 e. The summed E-state index contributed by atoms with van der Waals surface area (Å²) < 4.78 is 17.0. The van der Waals surface area contributed by atoms with E-state index in [9.17, 15) is 14.4 Å². The zero-order valence-corrected chi connectivity index (χ0v) is 22.1. The van der Waals surface area contributed by atoms with E-state index in [2.05, 4.69) is 26.2 Å². The van der Waals surface area contributed by atoms with E-state index < -0.39 is 47.2 Å². The van der Waals surface area contributed by atoms with Crippen molar-refractivity contribution in [1.29, 1.82) is 0 Å². The number of ether oxygens (including phenoxy) is 3. The fourth-order valence-electron chi connectivity index (χ4n) is 3.58. The van der Waals surface area contributed by atoms with Gasteiger partial charge in [0, 0.05) is 24.2 Å². The Morgan fingerprint density at radius 2 is 1.82 bits per heavy atom. The zero-order chi connectivity index (χ0) is 25.1. The quantitative estimate of drug-likeness (QED) is 0.460. The van der Waals surface area contributed by atoms with Crippen molar-refractivity contribution < 1.29 is 28.6 Å². The molecule has 1 N–H and O–H groups in total. The molecular weight excluding hydrogens is 494 g/mol. The smallest absolute Gasteiger partial charge is 0.408 e. The summed E-state index contributed by atoms with van der Waals surface area (Å²) in [4.78, 5) is 44.2. The summed E-state index contributed by atoms with van der Waals surface area (Å²) in [5.41, 5.74) is -0.585. The number of esters is 1. The molecule has 0 radical (unpaired) electrons. The van der Waals surface area contributed by atoms with Crippen LogP contribution in [0.25, 0.3) is 0 Å². The molecule has 1 unspecified atom stereocenters. The van der Waals surface area contributed by atoms with Crippen molar-refractivity contribution in [1.82, 2.24) is 15.2 Å². The second kappa shape index (κ2) is 10.3. The minimum atomic E-state index is -0.921. The Labute approximate surface area is 203 Å². The third-order valence-corrected chi connectivity index (χ3v) is 5.40. The highest BCUT2D eigenvalue weighted by atomic mass is 79.9. The van der Waals surface area contributed by atoms with E-state index in [1.54, 1.807) is 32.9 Å². The highest BCUT2D eigenvalue weighted by Crippen LogP contribution is 2.29. The molecule has 0 saturated carbocycles. The molecule has 1 aromatic heterocycles. The number of carbonyl (C=O) groups excluding carboxylic acids is 3. The van der Waals surface area contributed by atoms with Gasteiger partial charge in [0.2, 0.25) is 5.91 Å². The fraction of sp³-hybridized carbons (Fsp3) is 0.652. The van der Waals surface area contributed by atoms with Crippen LogP contribution < -0.4 is 10.1 Å². The number of hydrogen-bond donors (Lipinski definition) is 1. The van der Waals surface area contributed by atoms with E-state index in [0.717, 1.165) is 5.69 Å². The standard InChI is InChI=1S/C23H34BrN3O6/c1-13-9-14(11-17(24)25-13)32-15-10-16(20(29)31-8)27(12-15)19(28)18(22(2,3)4)26-21(30)33-23(5,6)7/h9,11,15-16,18H,10,12H2,1-8H3,(H,26,30)/t15-,16?,18-/m1/s1. The second-order valence-corrected chi connectivity index (χ2v) is 11.0. The van der Waals surface area contributed by atoms with Crippen LogP contribution in [-0.4, -0.2) is 65.3 Å². The average Bonchev–Trinajstić information content (AvgIpc) is 3.05. The van der Waals surface area contributed by atoms with Gasteiger partial charge in [0.05, 0.1) is 13.7 Å². The summed E-state index contributed by atoms with van der Waals surface area (Å²) in [6.45, 7) is 12.8. The number of carbonyl (C=O) groups is 3. The summed E-state index contributed by atoms with van der Waals surface area (Å²) >= 11 is 3.35. The molecule has 2 rings (SSSR count). The highest BCUT2D eigenvalue weighted by Gasteiger charge is 2.46. The second-order valence-electron chi connectivity index (χ2n) is 10.2. The first-order valence-corrected chi connectivity index (χ1v) is 11.6. The summed E-state index contributed by atoms with van der Waals surface area (Å²) in [5, 5.41) is 2.69. The number of alkyl carbamates (subject to hydrolysis) is 1. The number of pyridine rings is 1. The van der Waals surface area contributed by atoms with Crippen LogP contribution in [0.15, 0.2) is 16.7 Å². The van der Waals surface area contributed by atoms with Crippen molar-refractivity contribution in [3.63, 3.8) is 0 Å². The molecule has 0 aromatic carbocycles. The molecule has 10 heteroatoms.